The van der Waals surface area contributed by atoms with E-state index in [1.54, 1.807) is 0 Å². The second-order valence-electron chi connectivity index (χ2n) is 8.56. The predicted molar refractivity (Wildman–Crippen MR) is 116 cm³/mol. The van der Waals surface area contributed by atoms with Gasteiger partial charge >= 0.3 is 6.09 Å². The van der Waals surface area contributed by atoms with Crippen molar-refractivity contribution in [3.63, 3.8) is 0 Å². The largest absolute Gasteiger partial charge is 0.446 e. The van der Waals surface area contributed by atoms with Crippen molar-refractivity contribution in [3.05, 3.63) is 54.1 Å². The Bertz CT molecular complexity index is 846. The number of benzene rings is 1. The molecule has 1 amide bonds. The molecule has 3 heterocycles. The Balaban J connectivity index is 1.27. The summed E-state index contributed by atoms with van der Waals surface area (Å²) in [5.41, 5.74) is 1.31. The minimum atomic E-state index is -0.457. The van der Waals surface area contributed by atoms with E-state index in [2.05, 4.69) is 39.1 Å². The number of amides is 1. The number of likely N-dealkylation sites (tertiary alicyclic amines) is 1. The van der Waals surface area contributed by atoms with E-state index in [1.807, 2.05) is 29.7 Å². The number of hydrogen-bond acceptors (Lipinski definition) is 6. The lowest BCUT2D eigenvalue weighted by Crippen LogP contribution is -2.59. The van der Waals surface area contributed by atoms with Crippen LogP contribution in [0.1, 0.15) is 32.3 Å². The smallest absolute Gasteiger partial charge is 0.410 e. The van der Waals surface area contributed by atoms with Crippen molar-refractivity contribution in [3.8, 4) is 0 Å². The van der Waals surface area contributed by atoms with E-state index < -0.39 is 5.82 Å². The molecule has 0 bridgehead atoms. The Labute approximate surface area is 182 Å². The van der Waals surface area contributed by atoms with E-state index in [4.69, 9.17) is 4.74 Å². The molecule has 2 aromatic rings. The number of piperazine rings is 1. The molecule has 8 heteroatoms. The van der Waals surface area contributed by atoms with Crippen molar-refractivity contribution in [1.82, 2.24) is 19.8 Å². The minimum absolute atomic E-state index is 0.0441. The molecular weight excluding hydrogens is 397 g/mol. The fourth-order valence-electron chi connectivity index (χ4n) is 4.55. The summed E-state index contributed by atoms with van der Waals surface area (Å²) in [5, 5.41) is 0. The number of hydrogen-bond donors (Lipinski definition) is 0. The summed E-state index contributed by atoms with van der Waals surface area (Å²) < 4.78 is 19.0. The van der Waals surface area contributed by atoms with Crippen LogP contribution in [0.4, 0.5) is 15.1 Å². The molecule has 0 aliphatic carbocycles. The van der Waals surface area contributed by atoms with Crippen LogP contribution >= 0.6 is 0 Å². The second kappa shape index (κ2) is 9.60. The lowest BCUT2D eigenvalue weighted by Gasteiger charge is -2.44. The zero-order chi connectivity index (χ0) is 21.8. The molecule has 166 valence electrons. The molecule has 7 nitrogen and oxygen atoms in total. The summed E-state index contributed by atoms with van der Waals surface area (Å²) in [6.45, 7) is 7.94. The van der Waals surface area contributed by atoms with Crippen LogP contribution in [0.3, 0.4) is 0 Å². The van der Waals surface area contributed by atoms with Crippen molar-refractivity contribution >= 4 is 12.0 Å². The van der Waals surface area contributed by atoms with Crippen LogP contribution in [0.5, 0.6) is 0 Å². The molecule has 0 saturated carbocycles. The molecule has 1 aromatic heterocycles. The van der Waals surface area contributed by atoms with E-state index in [9.17, 15) is 9.18 Å². The van der Waals surface area contributed by atoms with E-state index in [0.717, 1.165) is 32.5 Å². The van der Waals surface area contributed by atoms with Crippen LogP contribution in [-0.2, 0) is 11.3 Å². The number of piperidine rings is 1. The zero-order valence-electron chi connectivity index (χ0n) is 18.2. The van der Waals surface area contributed by atoms with E-state index in [0.29, 0.717) is 19.0 Å². The lowest BCUT2D eigenvalue weighted by molar-refractivity contribution is 0.00996. The molecule has 2 aliphatic rings. The quantitative estimate of drug-likeness (QED) is 0.746. The molecule has 1 aromatic carbocycles. The Hall–Kier alpha value is -2.74. The van der Waals surface area contributed by atoms with E-state index in [1.165, 1.54) is 18.0 Å². The summed E-state index contributed by atoms with van der Waals surface area (Å²) in [6, 6.07) is 10.3. The van der Waals surface area contributed by atoms with Crippen LogP contribution in [0.25, 0.3) is 0 Å². The van der Waals surface area contributed by atoms with Gasteiger partial charge in [-0.15, -0.1) is 0 Å². The standard InChI is InChI=1S/C23H30FN5O2/c1-17-14-28(22-25-12-20(24)13-26-22)15-18(2)29(17)23(30)31-21-8-10-27(11-9-21)16-19-6-4-3-5-7-19/h3-7,12-13,17-18,21H,8-11,14-16H2,1-2H3/t17-,18+. The molecule has 0 N–H and O–H groups in total. The number of rotatable bonds is 4. The zero-order valence-corrected chi connectivity index (χ0v) is 18.2. The van der Waals surface area contributed by atoms with Crippen molar-refractivity contribution in [2.24, 2.45) is 0 Å². The van der Waals surface area contributed by atoms with Crippen molar-refractivity contribution < 1.29 is 13.9 Å². The summed E-state index contributed by atoms with van der Waals surface area (Å²) in [7, 11) is 0. The fourth-order valence-corrected chi connectivity index (χ4v) is 4.55. The van der Waals surface area contributed by atoms with Gasteiger partial charge in [0.05, 0.1) is 24.5 Å². The first kappa shape index (κ1) is 21.5. The average Bonchev–Trinajstić information content (AvgIpc) is 2.76. The number of anilines is 1. The second-order valence-corrected chi connectivity index (χ2v) is 8.56. The molecule has 0 spiro atoms. The van der Waals surface area contributed by atoms with Gasteiger partial charge in [0.1, 0.15) is 6.10 Å². The van der Waals surface area contributed by atoms with Crippen LogP contribution in [0.15, 0.2) is 42.7 Å². The van der Waals surface area contributed by atoms with Gasteiger partial charge in [0.15, 0.2) is 5.82 Å². The predicted octanol–water partition coefficient (Wildman–Crippen LogP) is 3.32. The Kier molecular flexibility index (Phi) is 6.65. The van der Waals surface area contributed by atoms with Crippen LogP contribution in [-0.4, -0.2) is 70.2 Å². The van der Waals surface area contributed by atoms with Gasteiger partial charge in [0.25, 0.3) is 0 Å². The van der Waals surface area contributed by atoms with Gasteiger partial charge in [-0.25, -0.2) is 19.2 Å². The molecule has 0 unspecified atom stereocenters. The van der Waals surface area contributed by atoms with Gasteiger partial charge in [0, 0.05) is 32.7 Å². The monoisotopic (exact) mass is 427 g/mol. The average molecular weight is 428 g/mol. The molecule has 2 fully saturated rings. The first-order valence-electron chi connectivity index (χ1n) is 11.0. The maximum atomic E-state index is 13.1. The molecule has 0 radical (unpaired) electrons. The molecule has 2 aliphatic heterocycles. The maximum Gasteiger partial charge on any atom is 0.410 e. The lowest BCUT2D eigenvalue weighted by atomic mass is 10.1. The van der Waals surface area contributed by atoms with Gasteiger partial charge in [-0.2, -0.15) is 0 Å². The molecular formula is C23H30FN5O2. The Morgan fingerprint density at radius 3 is 2.29 bits per heavy atom. The number of aromatic nitrogens is 2. The first-order chi connectivity index (χ1) is 15.0. The number of ether oxygens (including phenoxy) is 1. The highest BCUT2D eigenvalue weighted by Crippen LogP contribution is 2.23. The first-order valence-corrected chi connectivity index (χ1v) is 11.0. The van der Waals surface area contributed by atoms with Gasteiger partial charge in [-0.1, -0.05) is 30.3 Å². The summed E-state index contributed by atoms with van der Waals surface area (Å²) in [5.74, 6) is 0.0285. The molecule has 2 saturated heterocycles. The van der Waals surface area contributed by atoms with Crippen molar-refractivity contribution in [1.29, 1.82) is 0 Å². The van der Waals surface area contributed by atoms with Gasteiger partial charge in [-0.05, 0) is 32.3 Å². The summed E-state index contributed by atoms with van der Waals surface area (Å²) in [4.78, 5) is 27.3. The third-order valence-electron chi connectivity index (χ3n) is 6.07. The van der Waals surface area contributed by atoms with E-state index in [-0.39, 0.29) is 24.3 Å². The minimum Gasteiger partial charge on any atom is -0.446 e. The number of carbonyl (C=O) groups excluding carboxylic acids is 1. The van der Waals surface area contributed by atoms with Crippen molar-refractivity contribution in [2.45, 2.75) is 51.4 Å². The highest BCUT2D eigenvalue weighted by molar-refractivity contribution is 5.69. The third-order valence-corrected chi connectivity index (χ3v) is 6.07. The van der Waals surface area contributed by atoms with Crippen LogP contribution in [0.2, 0.25) is 0 Å². The van der Waals surface area contributed by atoms with Crippen molar-refractivity contribution in [2.75, 3.05) is 31.1 Å². The van der Waals surface area contributed by atoms with Crippen LogP contribution in [0, 0.1) is 5.82 Å². The Morgan fingerprint density at radius 2 is 1.68 bits per heavy atom. The molecule has 4 rings (SSSR count). The maximum absolute atomic E-state index is 13.1. The topological polar surface area (TPSA) is 61.8 Å². The summed E-state index contributed by atoms with van der Waals surface area (Å²) in [6.07, 6.45) is 3.75. The summed E-state index contributed by atoms with van der Waals surface area (Å²) >= 11 is 0. The van der Waals surface area contributed by atoms with Gasteiger partial charge in [0.2, 0.25) is 5.95 Å². The van der Waals surface area contributed by atoms with E-state index >= 15 is 0 Å². The number of carbonyl (C=O) groups is 1. The molecule has 31 heavy (non-hydrogen) atoms. The number of halogens is 1. The normalized spacial score (nSPS) is 23.1. The highest BCUT2D eigenvalue weighted by atomic mass is 19.1. The van der Waals surface area contributed by atoms with Crippen LogP contribution < -0.4 is 4.90 Å². The number of nitrogens with zero attached hydrogens (tertiary/aromatic N) is 5. The Morgan fingerprint density at radius 1 is 1.06 bits per heavy atom. The van der Waals surface area contributed by atoms with Gasteiger partial charge in [-0.3, -0.25) is 9.80 Å². The van der Waals surface area contributed by atoms with Gasteiger partial charge < -0.3 is 9.64 Å². The fraction of sp³-hybridized carbons (Fsp3) is 0.522. The third kappa shape index (κ3) is 5.31. The highest BCUT2D eigenvalue weighted by Gasteiger charge is 2.36. The SMILES string of the molecule is C[C@@H]1CN(c2ncc(F)cn2)C[C@H](C)N1C(=O)OC1CCN(Cc2ccccc2)CC1. The molecule has 2 atom stereocenters.